The van der Waals surface area contributed by atoms with Crippen molar-refractivity contribution < 1.29 is 0 Å². The average Bonchev–Trinajstić information content (AvgIpc) is 3.06. The lowest BCUT2D eigenvalue weighted by Crippen LogP contribution is -2.23. The van der Waals surface area contributed by atoms with Crippen LogP contribution in [0, 0.1) is 6.92 Å². The van der Waals surface area contributed by atoms with Gasteiger partial charge >= 0.3 is 0 Å². The van der Waals surface area contributed by atoms with Gasteiger partial charge in [-0.15, -0.1) is 5.10 Å². The monoisotopic (exact) mass is 293 g/mol. The third kappa shape index (κ3) is 3.43. The van der Waals surface area contributed by atoms with E-state index in [0.29, 0.717) is 6.04 Å². The van der Waals surface area contributed by atoms with Crippen LogP contribution in [0.25, 0.3) is 0 Å². The second-order valence-electron chi connectivity index (χ2n) is 5.08. The van der Waals surface area contributed by atoms with Crippen LogP contribution in [-0.2, 0) is 6.42 Å². The molecule has 110 valence electrons. The summed E-state index contributed by atoms with van der Waals surface area (Å²) in [6.45, 7) is 9.43. The van der Waals surface area contributed by atoms with E-state index in [2.05, 4.69) is 57.7 Å². The minimum absolute atomic E-state index is 0.250. The molecule has 5 nitrogen and oxygen atoms in total. The molecule has 1 N–H and O–H groups in total. The Hall–Kier alpha value is -1.27. The zero-order valence-electron chi connectivity index (χ0n) is 12.6. The van der Waals surface area contributed by atoms with Crippen LogP contribution in [0.1, 0.15) is 55.5 Å². The van der Waals surface area contributed by atoms with Gasteiger partial charge in [0.2, 0.25) is 0 Å². The molecule has 2 aromatic heterocycles. The van der Waals surface area contributed by atoms with Crippen LogP contribution < -0.4 is 5.32 Å². The van der Waals surface area contributed by atoms with Crippen molar-refractivity contribution in [2.75, 3.05) is 6.54 Å². The summed E-state index contributed by atoms with van der Waals surface area (Å²) < 4.78 is 6.09. The molecule has 0 radical (unpaired) electrons. The van der Waals surface area contributed by atoms with Gasteiger partial charge in [0.15, 0.2) is 0 Å². The van der Waals surface area contributed by atoms with E-state index in [0.717, 1.165) is 30.8 Å². The molecule has 0 amide bonds. The van der Waals surface area contributed by atoms with Crippen LogP contribution in [-0.4, -0.2) is 25.9 Å². The zero-order valence-corrected chi connectivity index (χ0v) is 13.4. The normalized spacial score (nSPS) is 14.4. The molecule has 0 aliphatic heterocycles. The molecule has 0 aliphatic carbocycles. The van der Waals surface area contributed by atoms with Crippen LogP contribution in [0.2, 0.25) is 0 Å². The number of aryl methyl sites for hydroxylation is 1. The lowest BCUT2D eigenvalue weighted by atomic mass is 10.1. The third-order valence-electron chi connectivity index (χ3n) is 3.57. The first kappa shape index (κ1) is 15.1. The fourth-order valence-electron chi connectivity index (χ4n) is 2.19. The minimum Gasteiger partial charge on any atom is -0.309 e. The van der Waals surface area contributed by atoms with Crippen molar-refractivity contribution in [1.82, 2.24) is 24.7 Å². The highest BCUT2D eigenvalue weighted by Gasteiger charge is 2.18. The van der Waals surface area contributed by atoms with E-state index in [1.54, 1.807) is 0 Å². The first-order valence-electron chi connectivity index (χ1n) is 7.21. The molecule has 0 bridgehead atoms. The van der Waals surface area contributed by atoms with Crippen molar-refractivity contribution in [3.8, 4) is 0 Å². The van der Waals surface area contributed by atoms with Gasteiger partial charge in [-0.05, 0) is 44.4 Å². The quantitative estimate of drug-likeness (QED) is 0.853. The maximum absolute atomic E-state index is 4.68. The Morgan fingerprint density at radius 3 is 2.80 bits per heavy atom. The second-order valence-corrected chi connectivity index (χ2v) is 5.87. The van der Waals surface area contributed by atoms with Gasteiger partial charge in [-0.25, -0.2) is 0 Å². The molecule has 6 heteroatoms. The maximum Gasteiger partial charge on any atom is 0.0772 e. The van der Waals surface area contributed by atoms with Gasteiger partial charge < -0.3 is 5.32 Å². The van der Waals surface area contributed by atoms with E-state index >= 15 is 0 Å². The Balaban J connectivity index is 2.12. The molecule has 2 unspecified atom stereocenters. The molecule has 2 atom stereocenters. The van der Waals surface area contributed by atoms with Gasteiger partial charge in [0.1, 0.15) is 0 Å². The molecule has 0 aromatic carbocycles. The first-order chi connectivity index (χ1) is 9.65. The van der Waals surface area contributed by atoms with E-state index in [1.807, 2.05) is 6.92 Å². The smallest absolute Gasteiger partial charge is 0.0772 e. The number of hydrogen-bond donors (Lipinski definition) is 1. The number of likely N-dealkylation sites (N-methyl/N-ethyl adjacent to an activating group) is 1. The van der Waals surface area contributed by atoms with Gasteiger partial charge in [-0.1, -0.05) is 18.3 Å². The lowest BCUT2D eigenvalue weighted by molar-refractivity contribution is 0.467. The molecule has 0 saturated heterocycles. The SMILES string of the molecule is CCNC(Cc1ccn(C(C)CC)n1)c1snnc1C. The number of hydrogen-bond acceptors (Lipinski definition) is 5. The van der Waals surface area contributed by atoms with E-state index < -0.39 is 0 Å². The van der Waals surface area contributed by atoms with Gasteiger partial charge in [0.05, 0.1) is 22.3 Å². The van der Waals surface area contributed by atoms with E-state index in [9.17, 15) is 0 Å². The molecule has 0 spiro atoms. The summed E-state index contributed by atoms with van der Waals surface area (Å²) in [7, 11) is 0. The van der Waals surface area contributed by atoms with Gasteiger partial charge in [-0.3, -0.25) is 4.68 Å². The fraction of sp³-hybridized carbons (Fsp3) is 0.643. The molecule has 20 heavy (non-hydrogen) atoms. The van der Waals surface area contributed by atoms with E-state index in [1.165, 1.54) is 16.4 Å². The molecule has 2 heterocycles. The topological polar surface area (TPSA) is 55.6 Å². The van der Waals surface area contributed by atoms with Crippen LogP contribution in [0.15, 0.2) is 12.3 Å². The van der Waals surface area contributed by atoms with Crippen LogP contribution >= 0.6 is 11.5 Å². The maximum atomic E-state index is 4.68. The summed E-state index contributed by atoms with van der Waals surface area (Å²) in [5.41, 5.74) is 2.13. The number of nitrogens with zero attached hydrogens (tertiary/aromatic N) is 4. The lowest BCUT2D eigenvalue weighted by Gasteiger charge is -2.15. The Labute approximate surface area is 124 Å². The summed E-state index contributed by atoms with van der Waals surface area (Å²) in [4.78, 5) is 1.21. The van der Waals surface area contributed by atoms with Crippen molar-refractivity contribution in [2.45, 2.75) is 52.6 Å². The van der Waals surface area contributed by atoms with Gasteiger partial charge in [0.25, 0.3) is 0 Å². The highest BCUT2D eigenvalue weighted by atomic mass is 32.1. The molecule has 0 fully saturated rings. The second kappa shape index (κ2) is 6.95. The predicted molar refractivity (Wildman–Crippen MR) is 82.0 cm³/mol. The molecule has 0 aliphatic rings. The van der Waals surface area contributed by atoms with Crippen molar-refractivity contribution in [2.24, 2.45) is 0 Å². The van der Waals surface area contributed by atoms with Crippen molar-refractivity contribution in [1.29, 1.82) is 0 Å². The van der Waals surface area contributed by atoms with Gasteiger partial charge in [0, 0.05) is 18.7 Å². The highest BCUT2D eigenvalue weighted by molar-refractivity contribution is 7.05. The summed E-state index contributed by atoms with van der Waals surface area (Å²) >= 11 is 1.48. The predicted octanol–water partition coefficient (Wildman–Crippen LogP) is 2.91. The van der Waals surface area contributed by atoms with E-state index in [-0.39, 0.29) is 6.04 Å². The largest absolute Gasteiger partial charge is 0.309 e. The summed E-state index contributed by atoms with van der Waals surface area (Å²) in [6.07, 6.45) is 4.04. The molecule has 2 aromatic rings. The number of nitrogens with one attached hydrogen (secondary N) is 1. The number of rotatable bonds is 7. The average molecular weight is 293 g/mol. The first-order valence-corrected chi connectivity index (χ1v) is 7.99. The fourth-order valence-corrected chi connectivity index (χ4v) is 2.91. The minimum atomic E-state index is 0.250. The summed E-state index contributed by atoms with van der Waals surface area (Å²) in [5.74, 6) is 0. The molecular weight excluding hydrogens is 270 g/mol. The third-order valence-corrected chi connectivity index (χ3v) is 4.51. The molecule has 0 saturated carbocycles. The van der Waals surface area contributed by atoms with Crippen molar-refractivity contribution in [3.63, 3.8) is 0 Å². The summed E-state index contributed by atoms with van der Waals surface area (Å²) in [5, 5.41) is 12.3. The summed E-state index contributed by atoms with van der Waals surface area (Å²) in [6, 6.07) is 2.81. The standard InChI is InChI=1S/C14H23N5S/c1-5-10(3)19-8-7-12(17-19)9-13(15-6-2)14-11(4)16-18-20-14/h7-8,10,13,15H,5-6,9H2,1-4H3. The van der Waals surface area contributed by atoms with Crippen molar-refractivity contribution in [3.05, 3.63) is 28.5 Å². The van der Waals surface area contributed by atoms with Gasteiger partial charge in [-0.2, -0.15) is 5.10 Å². The Morgan fingerprint density at radius 2 is 2.20 bits per heavy atom. The molecular formula is C14H23N5S. The van der Waals surface area contributed by atoms with Crippen molar-refractivity contribution >= 4 is 11.5 Å². The van der Waals surface area contributed by atoms with E-state index in [4.69, 9.17) is 0 Å². The Morgan fingerprint density at radius 1 is 1.40 bits per heavy atom. The number of aromatic nitrogens is 4. The van der Waals surface area contributed by atoms with Crippen LogP contribution in [0.3, 0.4) is 0 Å². The van der Waals surface area contributed by atoms with Crippen LogP contribution in [0.5, 0.6) is 0 Å². The zero-order chi connectivity index (χ0) is 14.5. The van der Waals surface area contributed by atoms with Crippen LogP contribution in [0.4, 0.5) is 0 Å². The molecule has 2 rings (SSSR count). The Bertz CT molecular complexity index is 533. The highest BCUT2D eigenvalue weighted by Crippen LogP contribution is 2.23. The Kier molecular flexibility index (Phi) is 5.25.